The zero-order valence-corrected chi connectivity index (χ0v) is 10.3. The van der Waals surface area contributed by atoms with E-state index >= 15 is 0 Å². The van der Waals surface area contributed by atoms with E-state index in [9.17, 15) is 0 Å². The number of likely N-dealkylation sites (tertiary alicyclic amines) is 1. The van der Waals surface area contributed by atoms with Gasteiger partial charge < -0.3 is 10.2 Å². The molecular weight excluding hydrogens is 200 g/mol. The normalized spacial score (nSPS) is 22.1. The smallest absolute Gasteiger partial charge is 0.118 e. The summed E-state index contributed by atoms with van der Waals surface area (Å²) in [4.78, 5) is 2.53. The Hall–Kier alpha value is -0.800. The summed E-state index contributed by atoms with van der Waals surface area (Å²) in [6, 6.07) is 4.75. The van der Waals surface area contributed by atoms with Crippen molar-refractivity contribution in [3.8, 4) is 0 Å². The van der Waals surface area contributed by atoms with Gasteiger partial charge in [-0.15, -0.1) is 0 Å². The average Bonchev–Trinajstić information content (AvgIpc) is 2.87. The molecule has 1 aliphatic heterocycles. The zero-order chi connectivity index (χ0) is 11.5. The molecule has 1 atom stereocenters. The van der Waals surface area contributed by atoms with Crippen LogP contribution in [0.2, 0.25) is 0 Å². The predicted molar refractivity (Wildman–Crippen MR) is 64.9 cm³/mol. The van der Waals surface area contributed by atoms with Gasteiger partial charge in [-0.25, -0.2) is 0 Å². The van der Waals surface area contributed by atoms with E-state index in [1.165, 1.54) is 19.4 Å². The van der Waals surface area contributed by atoms with Crippen molar-refractivity contribution in [3.63, 3.8) is 0 Å². The SMILES string of the molecule is CC(C)C1CCCN1Cc1ccc(CN)o1. The minimum absolute atomic E-state index is 0.494. The van der Waals surface area contributed by atoms with Crippen molar-refractivity contribution in [2.24, 2.45) is 11.7 Å². The maximum atomic E-state index is 5.66. The molecule has 90 valence electrons. The molecule has 1 saturated heterocycles. The third-order valence-electron chi connectivity index (χ3n) is 3.46. The van der Waals surface area contributed by atoms with Gasteiger partial charge in [0.1, 0.15) is 11.5 Å². The number of hydrogen-bond donors (Lipinski definition) is 1. The first-order chi connectivity index (χ1) is 7.70. The van der Waals surface area contributed by atoms with Gasteiger partial charge in [-0.1, -0.05) is 13.8 Å². The number of nitrogens with two attached hydrogens (primary N) is 1. The maximum absolute atomic E-state index is 5.66. The molecule has 0 radical (unpaired) electrons. The molecule has 1 fully saturated rings. The number of furan rings is 1. The highest BCUT2D eigenvalue weighted by Gasteiger charge is 2.27. The number of rotatable bonds is 4. The fraction of sp³-hybridized carbons (Fsp3) is 0.692. The summed E-state index contributed by atoms with van der Waals surface area (Å²) >= 11 is 0. The van der Waals surface area contributed by atoms with Crippen molar-refractivity contribution in [1.82, 2.24) is 4.90 Å². The molecule has 2 heterocycles. The molecule has 1 unspecified atom stereocenters. The fourth-order valence-electron chi connectivity index (χ4n) is 2.62. The van der Waals surface area contributed by atoms with Crippen molar-refractivity contribution < 1.29 is 4.42 Å². The van der Waals surface area contributed by atoms with Crippen LogP contribution in [0.5, 0.6) is 0 Å². The summed E-state index contributed by atoms with van der Waals surface area (Å²) in [5, 5.41) is 0. The Bertz CT molecular complexity index is 332. The monoisotopic (exact) mass is 222 g/mol. The molecule has 0 aromatic carbocycles. The van der Waals surface area contributed by atoms with Gasteiger partial charge in [0, 0.05) is 6.04 Å². The van der Waals surface area contributed by atoms with E-state index in [0.717, 1.165) is 24.0 Å². The van der Waals surface area contributed by atoms with Crippen LogP contribution in [-0.4, -0.2) is 17.5 Å². The third-order valence-corrected chi connectivity index (χ3v) is 3.46. The lowest BCUT2D eigenvalue weighted by molar-refractivity contribution is 0.184. The second-order valence-electron chi connectivity index (χ2n) is 5.00. The zero-order valence-electron chi connectivity index (χ0n) is 10.3. The molecule has 3 nitrogen and oxygen atoms in total. The molecular formula is C13H22N2O. The minimum Gasteiger partial charge on any atom is -0.463 e. The average molecular weight is 222 g/mol. The van der Waals surface area contributed by atoms with Crippen molar-refractivity contribution in [2.45, 2.75) is 45.8 Å². The second kappa shape index (κ2) is 5.02. The molecule has 2 N–H and O–H groups in total. The van der Waals surface area contributed by atoms with Gasteiger partial charge in [-0.3, -0.25) is 4.90 Å². The van der Waals surface area contributed by atoms with E-state index in [2.05, 4.69) is 24.8 Å². The quantitative estimate of drug-likeness (QED) is 0.850. The van der Waals surface area contributed by atoms with E-state index in [0.29, 0.717) is 12.6 Å². The third kappa shape index (κ3) is 2.47. The Morgan fingerprint density at radius 2 is 2.19 bits per heavy atom. The Labute approximate surface area is 97.6 Å². The van der Waals surface area contributed by atoms with Crippen LogP contribution in [0.4, 0.5) is 0 Å². The van der Waals surface area contributed by atoms with Crippen LogP contribution in [0.25, 0.3) is 0 Å². The summed E-state index contributed by atoms with van der Waals surface area (Å²) in [5.74, 6) is 2.66. The molecule has 2 rings (SSSR count). The van der Waals surface area contributed by atoms with Crippen LogP contribution < -0.4 is 5.73 Å². The van der Waals surface area contributed by atoms with Crippen LogP contribution >= 0.6 is 0 Å². The lowest BCUT2D eigenvalue weighted by Crippen LogP contribution is -2.32. The summed E-state index contributed by atoms with van der Waals surface area (Å²) in [7, 11) is 0. The highest BCUT2D eigenvalue weighted by molar-refractivity contribution is 5.07. The molecule has 0 bridgehead atoms. The summed E-state index contributed by atoms with van der Waals surface area (Å²) in [5.41, 5.74) is 5.54. The van der Waals surface area contributed by atoms with Crippen LogP contribution in [0, 0.1) is 5.92 Å². The molecule has 0 amide bonds. The van der Waals surface area contributed by atoms with E-state index in [4.69, 9.17) is 10.2 Å². The fourth-order valence-corrected chi connectivity index (χ4v) is 2.62. The lowest BCUT2D eigenvalue weighted by atomic mass is 10.0. The van der Waals surface area contributed by atoms with Gasteiger partial charge in [0.2, 0.25) is 0 Å². The Kier molecular flexibility index (Phi) is 3.66. The highest BCUT2D eigenvalue weighted by atomic mass is 16.3. The largest absolute Gasteiger partial charge is 0.463 e. The van der Waals surface area contributed by atoms with E-state index in [1.807, 2.05) is 6.07 Å². The summed E-state index contributed by atoms with van der Waals surface area (Å²) in [6.07, 6.45) is 2.63. The van der Waals surface area contributed by atoms with E-state index in [1.54, 1.807) is 0 Å². The molecule has 1 aromatic heterocycles. The van der Waals surface area contributed by atoms with Gasteiger partial charge in [0.15, 0.2) is 0 Å². The summed E-state index contributed by atoms with van der Waals surface area (Å²) < 4.78 is 5.66. The van der Waals surface area contributed by atoms with Gasteiger partial charge in [-0.2, -0.15) is 0 Å². The van der Waals surface area contributed by atoms with E-state index < -0.39 is 0 Å². The standard InChI is InChI=1S/C13H22N2O/c1-10(2)13-4-3-7-15(13)9-12-6-5-11(8-14)16-12/h5-6,10,13H,3-4,7-9,14H2,1-2H3. The van der Waals surface area contributed by atoms with Gasteiger partial charge in [-0.05, 0) is 37.4 Å². The topological polar surface area (TPSA) is 42.4 Å². The molecule has 0 spiro atoms. The first-order valence-corrected chi connectivity index (χ1v) is 6.22. The molecule has 0 aliphatic carbocycles. The molecule has 0 saturated carbocycles. The Morgan fingerprint density at radius 1 is 1.44 bits per heavy atom. The molecule has 16 heavy (non-hydrogen) atoms. The van der Waals surface area contributed by atoms with Crippen molar-refractivity contribution in [1.29, 1.82) is 0 Å². The van der Waals surface area contributed by atoms with Crippen molar-refractivity contribution >= 4 is 0 Å². The number of nitrogens with zero attached hydrogens (tertiary/aromatic N) is 1. The first-order valence-electron chi connectivity index (χ1n) is 6.22. The lowest BCUT2D eigenvalue weighted by Gasteiger charge is -2.26. The molecule has 3 heteroatoms. The van der Waals surface area contributed by atoms with E-state index in [-0.39, 0.29) is 0 Å². The first kappa shape index (κ1) is 11.7. The van der Waals surface area contributed by atoms with Crippen LogP contribution in [0.3, 0.4) is 0 Å². The summed E-state index contributed by atoms with van der Waals surface area (Å²) in [6.45, 7) is 7.23. The van der Waals surface area contributed by atoms with Crippen LogP contribution in [0.1, 0.15) is 38.2 Å². The van der Waals surface area contributed by atoms with Crippen molar-refractivity contribution in [2.75, 3.05) is 6.54 Å². The Morgan fingerprint density at radius 3 is 2.81 bits per heavy atom. The van der Waals surface area contributed by atoms with Gasteiger partial charge in [0.05, 0.1) is 13.1 Å². The molecule has 1 aliphatic rings. The minimum atomic E-state index is 0.494. The van der Waals surface area contributed by atoms with Crippen molar-refractivity contribution in [3.05, 3.63) is 23.7 Å². The van der Waals surface area contributed by atoms with Crippen LogP contribution in [0.15, 0.2) is 16.5 Å². The second-order valence-corrected chi connectivity index (χ2v) is 5.00. The molecule has 1 aromatic rings. The Balaban J connectivity index is 1.98. The predicted octanol–water partition coefficient (Wildman–Crippen LogP) is 2.36. The van der Waals surface area contributed by atoms with Crippen LogP contribution in [-0.2, 0) is 13.1 Å². The highest BCUT2D eigenvalue weighted by Crippen LogP contribution is 2.25. The maximum Gasteiger partial charge on any atom is 0.118 e. The number of hydrogen-bond acceptors (Lipinski definition) is 3. The van der Waals surface area contributed by atoms with Gasteiger partial charge in [0.25, 0.3) is 0 Å². The van der Waals surface area contributed by atoms with Gasteiger partial charge >= 0.3 is 0 Å².